The molecule has 0 spiro atoms. The van der Waals surface area contributed by atoms with Gasteiger partial charge in [0.2, 0.25) is 0 Å². The van der Waals surface area contributed by atoms with Gasteiger partial charge in [-0.3, -0.25) is 0 Å². The van der Waals surface area contributed by atoms with E-state index in [1.54, 1.807) is 0 Å². The Kier molecular flexibility index (Phi) is 1.95. The van der Waals surface area contributed by atoms with E-state index in [0.29, 0.717) is 0 Å². The summed E-state index contributed by atoms with van der Waals surface area (Å²) in [5, 5.41) is 0.134. The summed E-state index contributed by atoms with van der Waals surface area (Å²) in [6.07, 6.45) is 0. The topological polar surface area (TPSA) is 37.4 Å². The first kappa shape index (κ1) is 9.73. The van der Waals surface area contributed by atoms with Crippen molar-refractivity contribution in [3.05, 3.63) is 0 Å². The van der Waals surface area contributed by atoms with E-state index >= 15 is 0 Å². The average molecular weight is 237 g/mol. The number of hydrogen-bond acceptors (Lipinski definition) is 4. The van der Waals surface area contributed by atoms with Crippen molar-refractivity contribution in [2.45, 2.75) is 17.7 Å². The van der Waals surface area contributed by atoms with Crippen LogP contribution < -0.4 is 0 Å². The molecular formula is C7H11NO2S3. The second-order valence-corrected chi connectivity index (χ2v) is 7.79. The summed E-state index contributed by atoms with van der Waals surface area (Å²) in [7, 11) is -0.957. The van der Waals surface area contributed by atoms with E-state index in [1.165, 1.54) is 11.8 Å². The number of nitrogens with zero attached hydrogens (tertiary/aromatic N) is 1. The molecule has 0 saturated carbocycles. The highest BCUT2D eigenvalue weighted by Gasteiger charge is 2.55. The third-order valence-electron chi connectivity index (χ3n) is 2.89. The van der Waals surface area contributed by atoms with Gasteiger partial charge in [0.1, 0.15) is 4.32 Å². The van der Waals surface area contributed by atoms with Crippen LogP contribution in [0.15, 0.2) is 0 Å². The van der Waals surface area contributed by atoms with Crippen LogP contribution >= 0.6 is 24.0 Å². The van der Waals surface area contributed by atoms with Crippen molar-refractivity contribution in [3.63, 3.8) is 0 Å². The zero-order valence-corrected chi connectivity index (χ0v) is 9.93. The fraction of sp³-hybridized carbons (Fsp3) is 0.857. The van der Waals surface area contributed by atoms with Crippen molar-refractivity contribution in [2.24, 2.45) is 0 Å². The van der Waals surface area contributed by atoms with Crippen molar-refractivity contribution in [2.75, 3.05) is 18.6 Å². The molecule has 0 unspecified atom stereocenters. The number of thioether (sulfide) groups is 1. The Bertz CT molecular complexity index is 364. The molecule has 0 aromatic heterocycles. The largest absolute Gasteiger partial charge is 0.353 e. The zero-order valence-electron chi connectivity index (χ0n) is 7.48. The first-order chi connectivity index (χ1) is 5.85. The minimum Gasteiger partial charge on any atom is -0.353 e. The molecule has 0 amide bonds. The van der Waals surface area contributed by atoms with E-state index in [4.69, 9.17) is 12.2 Å². The molecule has 3 nitrogen and oxygen atoms in total. The van der Waals surface area contributed by atoms with Crippen molar-refractivity contribution in [1.29, 1.82) is 0 Å². The first-order valence-corrected chi connectivity index (χ1v) is 7.11. The summed E-state index contributed by atoms with van der Waals surface area (Å²) < 4.78 is 23.7. The van der Waals surface area contributed by atoms with Gasteiger partial charge in [0.25, 0.3) is 0 Å². The summed E-state index contributed by atoms with van der Waals surface area (Å²) in [4.78, 5) is 1.93. The highest BCUT2D eigenvalue weighted by molar-refractivity contribution is 8.24. The Labute approximate surface area is 87.8 Å². The molecule has 6 heteroatoms. The van der Waals surface area contributed by atoms with Gasteiger partial charge in [0, 0.05) is 12.3 Å². The van der Waals surface area contributed by atoms with Crippen molar-refractivity contribution in [1.82, 2.24) is 4.90 Å². The van der Waals surface area contributed by atoms with E-state index in [1.807, 2.05) is 18.9 Å². The van der Waals surface area contributed by atoms with Crippen LogP contribution in [0.25, 0.3) is 0 Å². The lowest BCUT2D eigenvalue weighted by Crippen LogP contribution is -2.46. The molecule has 2 heterocycles. The van der Waals surface area contributed by atoms with Gasteiger partial charge in [-0.25, -0.2) is 8.42 Å². The van der Waals surface area contributed by atoms with Crippen molar-refractivity contribution in [3.8, 4) is 0 Å². The third-order valence-corrected chi connectivity index (χ3v) is 6.97. The molecule has 74 valence electrons. The second-order valence-electron chi connectivity index (χ2n) is 3.84. The number of rotatable bonds is 0. The van der Waals surface area contributed by atoms with Crippen molar-refractivity contribution >= 4 is 38.1 Å². The van der Waals surface area contributed by atoms with Crippen molar-refractivity contribution < 1.29 is 8.42 Å². The van der Waals surface area contributed by atoms with Gasteiger partial charge in [-0.2, -0.15) is 0 Å². The summed E-state index contributed by atoms with van der Waals surface area (Å²) in [5.74, 6) is 0.521. The molecule has 0 aromatic rings. The summed E-state index contributed by atoms with van der Waals surface area (Å²) >= 11 is 6.66. The van der Waals surface area contributed by atoms with Crippen LogP contribution in [0.2, 0.25) is 0 Å². The maximum absolute atomic E-state index is 11.4. The monoisotopic (exact) mass is 237 g/mol. The minimum atomic E-state index is -2.84. The van der Waals surface area contributed by atoms with Crippen LogP contribution in [0.3, 0.4) is 0 Å². The standard InChI is InChI=1S/C7H11NO2S3/c1-7-4-13(9,10)3-5(7)12-6(11)8(7)2/h5H,3-4H2,1-2H3/t5-,7-/m1/s1. The van der Waals surface area contributed by atoms with Gasteiger partial charge in [-0.05, 0) is 6.92 Å². The molecule has 2 fully saturated rings. The van der Waals surface area contributed by atoms with Gasteiger partial charge >= 0.3 is 0 Å². The normalized spacial score (nSPS) is 42.5. The first-order valence-electron chi connectivity index (χ1n) is 4.00. The number of fused-ring (bicyclic) bond motifs is 1. The van der Waals surface area contributed by atoms with Crippen LogP contribution in [-0.2, 0) is 9.84 Å². The molecular weight excluding hydrogens is 226 g/mol. The lowest BCUT2D eigenvalue weighted by atomic mass is 10.0. The van der Waals surface area contributed by atoms with E-state index in [-0.39, 0.29) is 22.3 Å². The highest BCUT2D eigenvalue weighted by Crippen LogP contribution is 2.44. The molecule has 0 radical (unpaired) electrons. The summed E-state index contributed by atoms with van der Waals surface area (Å²) in [5.41, 5.74) is -0.263. The predicted octanol–water partition coefficient (Wildman–Crippen LogP) is 0.506. The minimum absolute atomic E-state index is 0.134. The van der Waals surface area contributed by atoms with Gasteiger partial charge in [0.15, 0.2) is 9.84 Å². The molecule has 0 aliphatic carbocycles. The Morgan fingerprint density at radius 3 is 2.85 bits per heavy atom. The maximum Gasteiger partial charge on any atom is 0.153 e. The van der Waals surface area contributed by atoms with Crippen LogP contribution in [-0.4, -0.2) is 47.0 Å². The SMILES string of the molecule is CN1C(=S)S[C@@H]2CS(=O)(=O)C[C@]21C. The summed E-state index contributed by atoms with van der Waals surface area (Å²) in [6, 6.07) is 0. The number of hydrogen-bond donors (Lipinski definition) is 0. The van der Waals surface area contributed by atoms with Crippen LogP contribution in [0, 0.1) is 0 Å². The third kappa shape index (κ3) is 1.30. The van der Waals surface area contributed by atoms with E-state index in [9.17, 15) is 8.42 Å². The Balaban J connectivity index is 2.41. The molecule has 0 aromatic carbocycles. The van der Waals surface area contributed by atoms with Gasteiger partial charge in [-0.15, -0.1) is 0 Å². The molecule has 2 aliphatic rings. The molecule has 2 atom stereocenters. The smallest absolute Gasteiger partial charge is 0.153 e. The Hall–Kier alpha value is 0.190. The lowest BCUT2D eigenvalue weighted by Gasteiger charge is -2.30. The van der Waals surface area contributed by atoms with Crippen LogP contribution in [0.4, 0.5) is 0 Å². The molecule has 2 rings (SSSR count). The molecule has 2 saturated heterocycles. The number of sulfone groups is 1. The van der Waals surface area contributed by atoms with E-state index in [2.05, 4.69) is 0 Å². The Morgan fingerprint density at radius 2 is 2.31 bits per heavy atom. The van der Waals surface area contributed by atoms with E-state index < -0.39 is 9.84 Å². The summed E-state index contributed by atoms with van der Waals surface area (Å²) in [6.45, 7) is 1.98. The maximum atomic E-state index is 11.4. The van der Waals surface area contributed by atoms with Crippen LogP contribution in [0.1, 0.15) is 6.92 Å². The quantitative estimate of drug-likeness (QED) is 0.574. The predicted molar refractivity (Wildman–Crippen MR) is 58.8 cm³/mol. The van der Waals surface area contributed by atoms with Crippen LogP contribution in [0.5, 0.6) is 0 Å². The van der Waals surface area contributed by atoms with Gasteiger partial charge in [0.05, 0.1) is 17.0 Å². The molecule has 0 bridgehead atoms. The van der Waals surface area contributed by atoms with E-state index in [0.717, 1.165) is 4.32 Å². The highest BCUT2D eigenvalue weighted by atomic mass is 32.2. The number of thiocarbonyl (C=S) groups is 1. The zero-order chi connectivity index (χ0) is 9.85. The fourth-order valence-corrected chi connectivity index (χ4v) is 6.78. The van der Waals surface area contributed by atoms with Gasteiger partial charge in [-0.1, -0.05) is 24.0 Å². The molecule has 2 aliphatic heterocycles. The molecule has 13 heavy (non-hydrogen) atoms. The van der Waals surface area contributed by atoms with Gasteiger partial charge < -0.3 is 4.90 Å². The second kappa shape index (κ2) is 2.61. The fourth-order valence-electron chi connectivity index (χ4n) is 1.89. The molecule has 0 N–H and O–H groups in total. The lowest BCUT2D eigenvalue weighted by molar-refractivity contribution is 0.289. The Morgan fingerprint density at radius 1 is 1.69 bits per heavy atom. The average Bonchev–Trinajstić information content (AvgIpc) is 2.29.